The van der Waals surface area contributed by atoms with Crippen molar-refractivity contribution in [1.82, 2.24) is 14.7 Å². The maximum absolute atomic E-state index is 4.21. The molecule has 0 bridgehead atoms. The van der Waals surface area contributed by atoms with E-state index in [1.165, 1.54) is 11.3 Å². The molecule has 1 aromatic heterocycles. The topological polar surface area (TPSA) is 33.1 Å². The molecule has 0 fully saturated rings. The van der Waals surface area contributed by atoms with Crippen molar-refractivity contribution in [1.29, 1.82) is 0 Å². The van der Waals surface area contributed by atoms with Crippen molar-refractivity contribution in [2.24, 2.45) is 7.05 Å². The molecule has 1 aromatic carbocycles. The maximum atomic E-state index is 4.21. The van der Waals surface area contributed by atoms with E-state index in [1.54, 1.807) is 0 Å². The number of nitrogens with zero attached hydrogens (tertiary/aromatic N) is 3. The summed E-state index contributed by atoms with van der Waals surface area (Å²) in [4.78, 5) is 2.17. The Morgan fingerprint density at radius 3 is 2.74 bits per heavy atom. The van der Waals surface area contributed by atoms with Crippen LogP contribution in [-0.2, 0) is 13.6 Å². The normalized spacial score (nSPS) is 12.7. The Balaban J connectivity index is 2.09. The fraction of sp³-hybridized carbons (Fsp3) is 0.400. The van der Waals surface area contributed by atoms with Gasteiger partial charge in [0.15, 0.2) is 0 Å². The number of aromatic nitrogens is 2. The standard InChI is InChI=1S/C15H22N4/c1-12(15-8-9-16-19(15)4)17-14-7-5-6-13(10-14)11-18(2)3/h5-10,12,17H,11H2,1-4H3. The van der Waals surface area contributed by atoms with Crippen molar-refractivity contribution in [2.75, 3.05) is 19.4 Å². The van der Waals surface area contributed by atoms with Crippen molar-refractivity contribution >= 4 is 5.69 Å². The minimum absolute atomic E-state index is 0.238. The molecule has 0 saturated carbocycles. The second-order valence-electron chi connectivity index (χ2n) is 5.18. The molecule has 1 unspecified atom stereocenters. The van der Waals surface area contributed by atoms with Gasteiger partial charge in [0, 0.05) is 25.5 Å². The highest BCUT2D eigenvalue weighted by Crippen LogP contribution is 2.19. The minimum atomic E-state index is 0.238. The number of aryl methyl sites for hydroxylation is 1. The Labute approximate surface area is 115 Å². The lowest BCUT2D eigenvalue weighted by molar-refractivity contribution is 0.402. The molecule has 0 amide bonds. The van der Waals surface area contributed by atoms with Crippen molar-refractivity contribution in [2.45, 2.75) is 19.5 Å². The smallest absolute Gasteiger partial charge is 0.0653 e. The summed E-state index contributed by atoms with van der Waals surface area (Å²) in [6.45, 7) is 3.10. The SMILES string of the molecule is CC(Nc1cccc(CN(C)C)c1)c1ccnn1C. The van der Waals surface area contributed by atoms with Gasteiger partial charge in [-0.1, -0.05) is 12.1 Å². The van der Waals surface area contributed by atoms with Gasteiger partial charge in [-0.25, -0.2) is 0 Å². The molecule has 2 aromatic rings. The molecule has 2 rings (SSSR count). The largest absolute Gasteiger partial charge is 0.377 e. The molecule has 1 N–H and O–H groups in total. The van der Waals surface area contributed by atoms with Gasteiger partial charge in [-0.3, -0.25) is 4.68 Å². The third-order valence-corrected chi connectivity index (χ3v) is 3.11. The van der Waals surface area contributed by atoms with E-state index < -0.39 is 0 Å². The van der Waals surface area contributed by atoms with E-state index in [4.69, 9.17) is 0 Å². The van der Waals surface area contributed by atoms with Crippen molar-refractivity contribution in [3.8, 4) is 0 Å². The summed E-state index contributed by atoms with van der Waals surface area (Å²) in [6, 6.07) is 10.8. The summed E-state index contributed by atoms with van der Waals surface area (Å²) in [6.07, 6.45) is 1.83. The first-order valence-corrected chi connectivity index (χ1v) is 6.54. The van der Waals surface area contributed by atoms with Gasteiger partial charge in [0.25, 0.3) is 0 Å². The Morgan fingerprint density at radius 1 is 1.32 bits per heavy atom. The third kappa shape index (κ3) is 3.58. The molecular formula is C15H22N4. The van der Waals surface area contributed by atoms with Gasteiger partial charge in [0.05, 0.1) is 11.7 Å². The predicted molar refractivity (Wildman–Crippen MR) is 79.1 cm³/mol. The fourth-order valence-electron chi connectivity index (χ4n) is 2.26. The molecule has 1 heterocycles. The van der Waals surface area contributed by atoms with Crippen LogP contribution in [0, 0.1) is 0 Å². The summed E-state index contributed by atoms with van der Waals surface area (Å²) in [5.74, 6) is 0. The molecule has 102 valence electrons. The molecule has 0 spiro atoms. The molecule has 4 heteroatoms. The quantitative estimate of drug-likeness (QED) is 0.895. The van der Waals surface area contributed by atoms with Crippen LogP contribution in [0.15, 0.2) is 36.5 Å². The summed E-state index contributed by atoms with van der Waals surface area (Å²) in [5, 5.41) is 7.73. The molecule has 0 aliphatic heterocycles. The Hall–Kier alpha value is -1.81. The van der Waals surface area contributed by atoms with E-state index in [9.17, 15) is 0 Å². The zero-order valence-corrected chi connectivity index (χ0v) is 12.1. The highest BCUT2D eigenvalue weighted by atomic mass is 15.3. The molecule has 19 heavy (non-hydrogen) atoms. The number of hydrogen-bond donors (Lipinski definition) is 1. The molecule has 0 radical (unpaired) electrons. The van der Waals surface area contributed by atoms with E-state index in [-0.39, 0.29) is 6.04 Å². The van der Waals surface area contributed by atoms with E-state index in [2.05, 4.69) is 60.6 Å². The van der Waals surface area contributed by atoms with Crippen LogP contribution >= 0.6 is 0 Å². The lowest BCUT2D eigenvalue weighted by Gasteiger charge is -2.17. The van der Waals surface area contributed by atoms with Crippen LogP contribution < -0.4 is 5.32 Å². The lowest BCUT2D eigenvalue weighted by Crippen LogP contribution is -2.13. The second kappa shape index (κ2) is 5.89. The van der Waals surface area contributed by atoms with Gasteiger partial charge < -0.3 is 10.2 Å². The van der Waals surface area contributed by atoms with Gasteiger partial charge in [0.1, 0.15) is 0 Å². The zero-order valence-electron chi connectivity index (χ0n) is 12.1. The molecule has 0 saturated heterocycles. The fourth-order valence-corrected chi connectivity index (χ4v) is 2.26. The van der Waals surface area contributed by atoms with E-state index in [0.29, 0.717) is 0 Å². The maximum Gasteiger partial charge on any atom is 0.0653 e. The Bertz CT molecular complexity index is 530. The molecule has 0 aliphatic rings. The molecule has 0 aliphatic carbocycles. The first kappa shape index (κ1) is 13.6. The van der Waals surface area contributed by atoms with Gasteiger partial charge in [-0.2, -0.15) is 5.10 Å². The molecular weight excluding hydrogens is 236 g/mol. The van der Waals surface area contributed by atoms with Gasteiger partial charge >= 0.3 is 0 Å². The zero-order chi connectivity index (χ0) is 13.8. The van der Waals surface area contributed by atoms with Crippen molar-refractivity contribution in [3.63, 3.8) is 0 Å². The first-order chi connectivity index (χ1) is 9.06. The lowest BCUT2D eigenvalue weighted by atomic mass is 10.1. The van der Waals surface area contributed by atoms with Gasteiger partial charge in [-0.05, 0) is 44.8 Å². The van der Waals surface area contributed by atoms with Gasteiger partial charge in [0.2, 0.25) is 0 Å². The highest BCUT2D eigenvalue weighted by molar-refractivity contribution is 5.47. The van der Waals surface area contributed by atoms with Crippen LogP contribution in [0.3, 0.4) is 0 Å². The number of benzene rings is 1. The number of nitrogens with one attached hydrogen (secondary N) is 1. The second-order valence-corrected chi connectivity index (χ2v) is 5.18. The van der Waals surface area contributed by atoms with E-state index in [0.717, 1.165) is 12.2 Å². The summed E-state index contributed by atoms with van der Waals surface area (Å²) in [5.41, 5.74) is 3.64. The molecule has 4 nitrogen and oxygen atoms in total. The van der Waals surface area contributed by atoms with Crippen LogP contribution in [0.25, 0.3) is 0 Å². The van der Waals surface area contributed by atoms with Crippen LogP contribution in [0.5, 0.6) is 0 Å². The van der Waals surface area contributed by atoms with E-state index >= 15 is 0 Å². The average Bonchev–Trinajstić information content (AvgIpc) is 2.75. The Kier molecular flexibility index (Phi) is 4.22. The van der Waals surface area contributed by atoms with Crippen molar-refractivity contribution < 1.29 is 0 Å². The monoisotopic (exact) mass is 258 g/mol. The van der Waals surface area contributed by atoms with Gasteiger partial charge in [-0.15, -0.1) is 0 Å². The van der Waals surface area contributed by atoms with Crippen LogP contribution in [0.1, 0.15) is 24.2 Å². The number of rotatable bonds is 5. The third-order valence-electron chi connectivity index (χ3n) is 3.11. The van der Waals surface area contributed by atoms with Crippen LogP contribution in [0.4, 0.5) is 5.69 Å². The minimum Gasteiger partial charge on any atom is -0.377 e. The summed E-state index contributed by atoms with van der Waals surface area (Å²) in [7, 11) is 6.13. The van der Waals surface area contributed by atoms with Crippen LogP contribution in [0.2, 0.25) is 0 Å². The van der Waals surface area contributed by atoms with Crippen molar-refractivity contribution in [3.05, 3.63) is 47.8 Å². The first-order valence-electron chi connectivity index (χ1n) is 6.54. The number of hydrogen-bond acceptors (Lipinski definition) is 3. The highest BCUT2D eigenvalue weighted by Gasteiger charge is 2.09. The summed E-state index contributed by atoms with van der Waals surface area (Å²) >= 11 is 0. The number of anilines is 1. The Morgan fingerprint density at radius 2 is 2.11 bits per heavy atom. The van der Waals surface area contributed by atoms with Crippen LogP contribution in [-0.4, -0.2) is 28.8 Å². The average molecular weight is 258 g/mol. The predicted octanol–water partition coefficient (Wildman–Crippen LogP) is 2.65. The van der Waals surface area contributed by atoms with E-state index in [1.807, 2.05) is 24.0 Å². The molecule has 1 atom stereocenters. The summed E-state index contributed by atoms with van der Waals surface area (Å²) < 4.78 is 1.90.